The van der Waals surface area contributed by atoms with Gasteiger partial charge in [0, 0.05) is 30.3 Å². The molecule has 172 valence electrons. The molecule has 1 aliphatic heterocycles. The number of hydrogen-bond donors (Lipinski definition) is 2. The van der Waals surface area contributed by atoms with Crippen molar-refractivity contribution in [2.45, 2.75) is 12.8 Å². The Kier molecular flexibility index (Phi) is 5.53. The maximum Gasteiger partial charge on any atom is 0.411 e. The average Bonchev–Trinajstić information content (AvgIpc) is 3.11. The van der Waals surface area contributed by atoms with Gasteiger partial charge < -0.3 is 14.7 Å². The van der Waals surface area contributed by atoms with Crippen LogP contribution in [0.25, 0.3) is 11.1 Å². The van der Waals surface area contributed by atoms with Crippen molar-refractivity contribution in [2.75, 3.05) is 25.0 Å². The summed E-state index contributed by atoms with van der Waals surface area (Å²) in [5.74, 6) is -1.70. The highest BCUT2D eigenvalue weighted by Crippen LogP contribution is 2.44. The number of carbonyl (C=O) groups is 3. The number of nitrogens with one attached hydrogen (secondary N) is 1. The third kappa shape index (κ3) is 3.79. The zero-order valence-corrected chi connectivity index (χ0v) is 18.7. The van der Waals surface area contributed by atoms with Crippen LogP contribution >= 0.6 is 0 Å². The Labute approximate surface area is 197 Å². The van der Waals surface area contributed by atoms with E-state index in [4.69, 9.17) is 9.84 Å². The first-order chi connectivity index (χ1) is 16.4. The van der Waals surface area contributed by atoms with Gasteiger partial charge in [-0.2, -0.15) is 0 Å². The zero-order valence-electron chi connectivity index (χ0n) is 18.7. The van der Waals surface area contributed by atoms with Crippen molar-refractivity contribution in [3.63, 3.8) is 0 Å². The summed E-state index contributed by atoms with van der Waals surface area (Å²) >= 11 is 0. The smallest absolute Gasteiger partial charge is 0.411 e. The van der Waals surface area contributed by atoms with Gasteiger partial charge in [0.05, 0.1) is 5.92 Å². The van der Waals surface area contributed by atoms with Gasteiger partial charge >= 0.3 is 12.1 Å². The molecule has 0 aromatic heterocycles. The van der Waals surface area contributed by atoms with Gasteiger partial charge in [-0.25, -0.2) is 4.79 Å². The molecular formula is C27H24N2O5. The van der Waals surface area contributed by atoms with Crippen LogP contribution in [0.4, 0.5) is 10.5 Å². The molecule has 2 amide bonds. The van der Waals surface area contributed by atoms with Crippen molar-refractivity contribution in [3.05, 3.63) is 89.0 Å². The lowest BCUT2D eigenvalue weighted by atomic mass is 9.97. The van der Waals surface area contributed by atoms with Crippen molar-refractivity contribution >= 4 is 23.7 Å². The number of hydrogen-bond acceptors (Lipinski definition) is 4. The van der Waals surface area contributed by atoms with Crippen molar-refractivity contribution in [2.24, 2.45) is 5.92 Å². The van der Waals surface area contributed by atoms with E-state index in [0.29, 0.717) is 16.8 Å². The second-order valence-electron chi connectivity index (χ2n) is 8.67. The first-order valence-electron chi connectivity index (χ1n) is 11.2. The molecule has 1 saturated heterocycles. The first kappa shape index (κ1) is 21.7. The second kappa shape index (κ2) is 8.67. The van der Waals surface area contributed by atoms with Crippen LogP contribution in [0.3, 0.4) is 0 Å². The highest BCUT2D eigenvalue weighted by atomic mass is 16.5. The van der Waals surface area contributed by atoms with E-state index in [0.717, 1.165) is 22.3 Å². The monoisotopic (exact) mass is 456 g/mol. The van der Waals surface area contributed by atoms with E-state index in [2.05, 4.69) is 29.6 Å². The lowest BCUT2D eigenvalue weighted by Crippen LogP contribution is -2.53. The summed E-state index contributed by atoms with van der Waals surface area (Å²) in [5.41, 5.74) is 6.11. The number of ether oxygens (including phenoxy) is 1. The molecule has 0 unspecified atom stereocenters. The Bertz CT molecular complexity index is 1250. The van der Waals surface area contributed by atoms with E-state index in [1.54, 1.807) is 25.1 Å². The molecule has 1 heterocycles. The molecule has 5 rings (SSSR count). The van der Waals surface area contributed by atoms with E-state index in [-0.39, 0.29) is 31.5 Å². The van der Waals surface area contributed by atoms with Crippen molar-refractivity contribution in [1.82, 2.24) is 4.90 Å². The summed E-state index contributed by atoms with van der Waals surface area (Å²) in [6, 6.07) is 21.3. The Hall–Kier alpha value is -4.13. The number of anilines is 1. The van der Waals surface area contributed by atoms with Crippen LogP contribution in [0.2, 0.25) is 0 Å². The summed E-state index contributed by atoms with van der Waals surface area (Å²) in [5, 5.41) is 11.8. The molecule has 2 N–H and O–H groups in total. The van der Waals surface area contributed by atoms with Crippen LogP contribution in [0.1, 0.15) is 33.0 Å². The van der Waals surface area contributed by atoms with Gasteiger partial charge in [0.1, 0.15) is 6.61 Å². The van der Waals surface area contributed by atoms with Gasteiger partial charge in [0.2, 0.25) is 0 Å². The lowest BCUT2D eigenvalue weighted by molar-refractivity contribution is -0.146. The van der Waals surface area contributed by atoms with Gasteiger partial charge in [-0.1, -0.05) is 54.6 Å². The minimum absolute atomic E-state index is 0.0410. The van der Waals surface area contributed by atoms with Gasteiger partial charge in [-0.15, -0.1) is 0 Å². The molecule has 0 spiro atoms. The van der Waals surface area contributed by atoms with Gasteiger partial charge in [0.15, 0.2) is 0 Å². The van der Waals surface area contributed by atoms with Gasteiger partial charge in [-0.05, 0) is 46.9 Å². The molecule has 1 aliphatic carbocycles. The maximum atomic E-state index is 12.8. The lowest BCUT2D eigenvalue weighted by Gasteiger charge is -2.37. The highest BCUT2D eigenvalue weighted by Gasteiger charge is 2.36. The highest BCUT2D eigenvalue weighted by molar-refractivity contribution is 5.99. The Morgan fingerprint density at radius 2 is 1.56 bits per heavy atom. The first-order valence-corrected chi connectivity index (χ1v) is 11.2. The van der Waals surface area contributed by atoms with E-state index < -0.39 is 18.0 Å². The van der Waals surface area contributed by atoms with Crippen LogP contribution in [0, 0.1) is 12.8 Å². The molecule has 0 atom stereocenters. The van der Waals surface area contributed by atoms with Crippen LogP contribution in [0.5, 0.6) is 0 Å². The number of carbonyl (C=O) groups excluding carboxylic acids is 2. The number of nitrogens with zero attached hydrogens (tertiary/aromatic N) is 1. The topological polar surface area (TPSA) is 95.9 Å². The molecule has 34 heavy (non-hydrogen) atoms. The third-order valence-corrected chi connectivity index (χ3v) is 6.66. The number of aliphatic carboxylic acids is 1. The predicted octanol–water partition coefficient (Wildman–Crippen LogP) is 4.51. The average molecular weight is 456 g/mol. The fourth-order valence-electron chi connectivity index (χ4n) is 4.72. The molecule has 7 heteroatoms. The van der Waals surface area contributed by atoms with Crippen LogP contribution in [0.15, 0.2) is 66.7 Å². The Morgan fingerprint density at radius 1 is 0.941 bits per heavy atom. The predicted molar refractivity (Wildman–Crippen MR) is 127 cm³/mol. The number of benzene rings is 3. The van der Waals surface area contributed by atoms with Crippen LogP contribution in [-0.2, 0) is 9.53 Å². The summed E-state index contributed by atoms with van der Waals surface area (Å²) in [4.78, 5) is 37.9. The van der Waals surface area contributed by atoms with Crippen LogP contribution in [-0.4, -0.2) is 47.7 Å². The Morgan fingerprint density at radius 3 is 2.18 bits per heavy atom. The maximum absolute atomic E-state index is 12.8. The largest absolute Gasteiger partial charge is 0.481 e. The van der Waals surface area contributed by atoms with E-state index in [9.17, 15) is 14.4 Å². The SMILES string of the molecule is Cc1c(NC(=O)OCC2c3ccccc3-c3ccccc32)cccc1C(=O)N1CC(C(=O)O)C1. The zero-order chi connectivity index (χ0) is 23.8. The number of carboxylic acid groups (broad SMARTS) is 1. The number of fused-ring (bicyclic) bond motifs is 3. The van der Waals surface area contributed by atoms with E-state index >= 15 is 0 Å². The van der Waals surface area contributed by atoms with Crippen molar-refractivity contribution < 1.29 is 24.2 Å². The molecule has 0 radical (unpaired) electrons. The van der Waals surface area contributed by atoms with Gasteiger partial charge in [0.25, 0.3) is 5.91 Å². The number of amides is 2. The Balaban J connectivity index is 1.26. The summed E-state index contributed by atoms with van der Waals surface area (Å²) < 4.78 is 5.61. The fourth-order valence-corrected chi connectivity index (χ4v) is 4.72. The molecule has 2 aliphatic rings. The molecule has 3 aromatic rings. The standard InChI is InChI=1S/C27H24N2O5/c1-16-18(25(30)29-13-17(14-29)26(31)32)11-6-12-24(16)28-27(33)34-15-23-21-9-4-2-7-19(21)20-8-3-5-10-22(20)23/h2-12,17,23H,13-15H2,1H3,(H,28,33)(H,31,32). The summed E-state index contributed by atoms with van der Waals surface area (Å²) in [6.07, 6.45) is -0.593. The summed E-state index contributed by atoms with van der Waals surface area (Å²) in [6.45, 7) is 2.33. The fraction of sp³-hybridized carbons (Fsp3) is 0.222. The molecule has 0 saturated carbocycles. The molecule has 3 aromatic carbocycles. The molecule has 1 fully saturated rings. The van der Waals surface area contributed by atoms with Crippen molar-refractivity contribution in [3.8, 4) is 11.1 Å². The van der Waals surface area contributed by atoms with Crippen LogP contribution < -0.4 is 5.32 Å². The number of rotatable bonds is 5. The molecule has 0 bridgehead atoms. The minimum Gasteiger partial charge on any atom is -0.481 e. The van der Waals surface area contributed by atoms with E-state index in [1.165, 1.54) is 4.90 Å². The quantitative estimate of drug-likeness (QED) is 0.589. The molecular weight excluding hydrogens is 432 g/mol. The van der Waals surface area contributed by atoms with E-state index in [1.807, 2.05) is 24.3 Å². The second-order valence-corrected chi connectivity index (χ2v) is 8.67. The van der Waals surface area contributed by atoms with Crippen molar-refractivity contribution in [1.29, 1.82) is 0 Å². The number of carboxylic acids is 1. The minimum atomic E-state index is -0.897. The molecule has 7 nitrogen and oxygen atoms in total. The third-order valence-electron chi connectivity index (χ3n) is 6.66. The van der Waals surface area contributed by atoms with Gasteiger partial charge in [-0.3, -0.25) is 14.9 Å². The number of likely N-dealkylation sites (tertiary alicyclic amines) is 1. The normalized spacial score (nSPS) is 14.7. The summed E-state index contributed by atoms with van der Waals surface area (Å²) in [7, 11) is 0.